The van der Waals surface area contributed by atoms with Crippen molar-refractivity contribution < 1.29 is 9.13 Å². The smallest absolute Gasteiger partial charge is 0.189 e. The molecule has 21 heavy (non-hydrogen) atoms. The molecule has 0 aliphatic carbocycles. The highest BCUT2D eigenvalue weighted by Crippen LogP contribution is 2.27. The zero-order valence-electron chi connectivity index (χ0n) is 11.2. The lowest BCUT2D eigenvalue weighted by molar-refractivity contribution is 0.386. The summed E-state index contributed by atoms with van der Waals surface area (Å²) in [7, 11) is 1.40. The Morgan fingerprint density at radius 1 is 1.19 bits per heavy atom. The average molecular weight is 285 g/mol. The molecule has 0 atom stereocenters. The minimum atomic E-state index is -0.449. The van der Waals surface area contributed by atoms with Gasteiger partial charge >= 0.3 is 0 Å². The van der Waals surface area contributed by atoms with E-state index in [0.29, 0.717) is 22.8 Å². The molecule has 3 aromatic rings. The topological polar surface area (TPSA) is 78.8 Å². The van der Waals surface area contributed by atoms with E-state index in [2.05, 4.69) is 15.5 Å². The number of tetrazole rings is 1. The molecular weight excluding hydrogens is 273 g/mol. The molecular formula is C14H12FN5O. The van der Waals surface area contributed by atoms with E-state index in [1.54, 1.807) is 12.1 Å². The number of hydrogen-bond acceptors (Lipinski definition) is 5. The SMILES string of the molecule is COc1cc(-n2nnnc2-c2ccccc2N)ccc1F. The summed E-state index contributed by atoms with van der Waals surface area (Å²) in [6.07, 6.45) is 0. The van der Waals surface area contributed by atoms with Crippen molar-refractivity contribution in [1.29, 1.82) is 0 Å². The van der Waals surface area contributed by atoms with Gasteiger partial charge < -0.3 is 10.5 Å². The Labute approximate surface area is 120 Å². The monoisotopic (exact) mass is 285 g/mol. The molecule has 0 unspecified atom stereocenters. The van der Waals surface area contributed by atoms with Crippen molar-refractivity contribution in [2.75, 3.05) is 12.8 Å². The second kappa shape index (κ2) is 5.20. The van der Waals surface area contributed by atoms with E-state index < -0.39 is 5.82 Å². The maximum absolute atomic E-state index is 13.5. The first kappa shape index (κ1) is 13.0. The van der Waals surface area contributed by atoms with Crippen LogP contribution in [0.3, 0.4) is 0 Å². The number of ether oxygens (including phenoxy) is 1. The lowest BCUT2D eigenvalue weighted by Crippen LogP contribution is -2.02. The molecule has 0 saturated heterocycles. The van der Waals surface area contributed by atoms with Crippen LogP contribution in [0.2, 0.25) is 0 Å². The van der Waals surface area contributed by atoms with Crippen LogP contribution in [0.4, 0.5) is 10.1 Å². The van der Waals surface area contributed by atoms with Gasteiger partial charge in [0.2, 0.25) is 0 Å². The zero-order chi connectivity index (χ0) is 14.8. The lowest BCUT2D eigenvalue weighted by atomic mass is 10.1. The highest BCUT2D eigenvalue weighted by molar-refractivity contribution is 5.72. The number of nitrogen functional groups attached to an aromatic ring is 1. The summed E-state index contributed by atoms with van der Waals surface area (Å²) in [4.78, 5) is 0. The molecule has 106 valence electrons. The van der Waals surface area contributed by atoms with Crippen LogP contribution >= 0.6 is 0 Å². The molecule has 0 saturated carbocycles. The highest BCUT2D eigenvalue weighted by atomic mass is 19.1. The molecule has 2 N–H and O–H groups in total. The normalized spacial score (nSPS) is 10.6. The number of rotatable bonds is 3. The van der Waals surface area contributed by atoms with E-state index in [4.69, 9.17) is 10.5 Å². The van der Waals surface area contributed by atoms with Gasteiger partial charge in [0.15, 0.2) is 17.4 Å². The van der Waals surface area contributed by atoms with Gasteiger partial charge in [-0.25, -0.2) is 4.39 Å². The van der Waals surface area contributed by atoms with Gasteiger partial charge in [-0.15, -0.1) is 5.10 Å². The Kier molecular flexibility index (Phi) is 3.23. The summed E-state index contributed by atoms with van der Waals surface area (Å²) < 4.78 is 19.9. The van der Waals surface area contributed by atoms with Crippen LogP contribution in [0, 0.1) is 5.82 Å². The van der Waals surface area contributed by atoms with Crippen molar-refractivity contribution >= 4 is 5.69 Å². The van der Waals surface area contributed by atoms with Gasteiger partial charge in [-0.1, -0.05) is 12.1 Å². The summed E-state index contributed by atoms with van der Waals surface area (Å²) in [5.74, 6) is 0.145. The second-order valence-corrected chi connectivity index (χ2v) is 4.32. The molecule has 0 bridgehead atoms. The number of methoxy groups -OCH3 is 1. The van der Waals surface area contributed by atoms with Gasteiger partial charge in [0, 0.05) is 17.3 Å². The number of para-hydroxylation sites is 1. The van der Waals surface area contributed by atoms with Gasteiger partial charge in [0.25, 0.3) is 0 Å². The molecule has 0 spiro atoms. The molecule has 6 nitrogen and oxygen atoms in total. The Bertz CT molecular complexity index is 787. The van der Waals surface area contributed by atoms with Crippen LogP contribution in [-0.2, 0) is 0 Å². The van der Waals surface area contributed by atoms with Crippen LogP contribution in [-0.4, -0.2) is 27.3 Å². The first-order chi connectivity index (χ1) is 10.2. The zero-order valence-corrected chi connectivity index (χ0v) is 11.2. The molecule has 0 fully saturated rings. The molecule has 1 heterocycles. The molecule has 0 amide bonds. The Hall–Kier alpha value is -2.96. The third-order valence-electron chi connectivity index (χ3n) is 3.05. The molecule has 1 aromatic heterocycles. The van der Waals surface area contributed by atoms with Gasteiger partial charge in [-0.2, -0.15) is 4.68 Å². The Morgan fingerprint density at radius 2 is 2.00 bits per heavy atom. The first-order valence-corrected chi connectivity index (χ1v) is 6.18. The first-order valence-electron chi connectivity index (χ1n) is 6.18. The summed E-state index contributed by atoms with van der Waals surface area (Å²) in [5.41, 5.74) is 7.78. The maximum Gasteiger partial charge on any atom is 0.189 e. The predicted octanol–water partition coefficient (Wildman–Crippen LogP) is 2.06. The number of halogens is 1. The lowest BCUT2D eigenvalue weighted by Gasteiger charge is -2.08. The molecule has 0 aliphatic rings. The van der Waals surface area contributed by atoms with Gasteiger partial charge in [-0.05, 0) is 34.7 Å². The van der Waals surface area contributed by atoms with Crippen LogP contribution < -0.4 is 10.5 Å². The van der Waals surface area contributed by atoms with E-state index in [1.807, 2.05) is 18.2 Å². The number of benzene rings is 2. The van der Waals surface area contributed by atoms with Crippen LogP contribution in [0.5, 0.6) is 5.75 Å². The van der Waals surface area contributed by atoms with Crippen molar-refractivity contribution in [3.63, 3.8) is 0 Å². The molecule has 7 heteroatoms. The van der Waals surface area contributed by atoms with Crippen molar-refractivity contribution in [3.05, 3.63) is 48.3 Å². The van der Waals surface area contributed by atoms with Crippen molar-refractivity contribution in [3.8, 4) is 22.8 Å². The highest BCUT2D eigenvalue weighted by Gasteiger charge is 2.14. The van der Waals surface area contributed by atoms with Crippen LogP contribution in [0.15, 0.2) is 42.5 Å². The van der Waals surface area contributed by atoms with Crippen LogP contribution in [0.25, 0.3) is 17.1 Å². The fourth-order valence-corrected chi connectivity index (χ4v) is 2.01. The number of aromatic nitrogens is 4. The quantitative estimate of drug-likeness (QED) is 0.745. The third-order valence-corrected chi connectivity index (χ3v) is 3.05. The summed E-state index contributed by atoms with van der Waals surface area (Å²) in [5, 5.41) is 11.6. The largest absolute Gasteiger partial charge is 0.494 e. The number of hydrogen-bond donors (Lipinski definition) is 1. The Morgan fingerprint density at radius 3 is 2.76 bits per heavy atom. The van der Waals surface area contributed by atoms with Crippen molar-refractivity contribution in [2.45, 2.75) is 0 Å². The number of anilines is 1. The van der Waals surface area contributed by atoms with E-state index >= 15 is 0 Å². The third kappa shape index (κ3) is 2.29. The molecule has 0 aliphatic heterocycles. The fourth-order valence-electron chi connectivity index (χ4n) is 2.01. The minimum Gasteiger partial charge on any atom is -0.494 e. The molecule has 0 radical (unpaired) electrons. The second-order valence-electron chi connectivity index (χ2n) is 4.32. The van der Waals surface area contributed by atoms with E-state index in [1.165, 1.54) is 23.9 Å². The van der Waals surface area contributed by atoms with Crippen molar-refractivity contribution in [1.82, 2.24) is 20.2 Å². The molecule has 3 rings (SSSR count). The average Bonchev–Trinajstić information content (AvgIpc) is 2.97. The maximum atomic E-state index is 13.5. The summed E-state index contributed by atoms with van der Waals surface area (Å²) in [6, 6.07) is 11.6. The summed E-state index contributed by atoms with van der Waals surface area (Å²) >= 11 is 0. The molecule has 2 aromatic carbocycles. The van der Waals surface area contributed by atoms with Gasteiger partial charge in [-0.3, -0.25) is 0 Å². The summed E-state index contributed by atoms with van der Waals surface area (Å²) in [6.45, 7) is 0. The van der Waals surface area contributed by atoms with E-state index in [0.717, 1.165) is 0 Å². The number of nitrogens with zero attached hydrogens (tertiary/aromatic N) is 4. The fraction of sp³-hybridized carbons (Fsp3) is 0.0714. The van der Waals surface area contributed by atoms with Crippen LogP contribution in [0.1, 0.15) is 0 Å². The minimum absolute atomic E-state index is 0.120. The number of nitrogens with two attached hydrogens (primary N) is 1. The van der Waals surface area contributed by atoms with E-state index in [-0.39, 0.29) is 5.75 Å². The van der Waals surface area contributed by atoms with E-state index in [9.17, 15) is 4.39 Å². The Balaban J connectivity index is 2.14. The standard InChI is InChI=1S/C14H12FN5O/c1-21-13-8-9(6-7-11(13)15)20-14(17-18-19-20)10-4-2-3-5-12(10)16/h2-8H,16H2,1H3. The van der Waals surface area contributed by atoms with Crippen molar-refractivity contribution in [2.24, 2.45) is 0 Å². The van der Waals surface area contributed by atoms with Gasteiger partial charge in [0.05, 0.1) is 12.8 Å². The predicted molar refractivity (Wildman–Crippen MR) is 75.5 cm³/mol. The van der Waals surface area contributed by atoms with Gasteiger partial charge in [0.1, 0.15) is 0 Å².